The zero-order chi connectivity index (χ0) is 18.5. The normalized spacial score (nSPS) is 25.2. The van der Waals surface area contributed by atoms with Crippen molar-refractivity contribution in [2.45, 2.75) is 45.6 Å². The lowest BCUT2D eigenvalue weighted by atomic mass is 9.84. The largest absolute Gasteiger partial charge is 0.349 e. The van der Waals surface area contributed by atoms with Gasteiger partial charge in [-0.2, -0.15) is 5.10 Å². The van der Waals surface area contributed by atoms with E-state index in [9.17, 15) is 4.79 Å². The van der Waals surface area contributed by atoms with Crippen molar-refractivity contribution in [3.05, 3.63) is 47.0 Å². The summed E-state index contributed by atoms with van der Waals surface area (Å²) in [7, 11) is 0. The highest BCUT2D eigenvalue weighted by atomic mass is 32.1. The van der Waals surface area contributed by atoms with Crippen molar-refractivity contribution < 1.29 is 4.79 Å². The van der Waals surface area contributed by atoms with E-state index in [0.29, 0.717) is 5.92 Å². The molecule has 0 spiro atoms. The first-order chi connectivity index (χ1) is 13.1. The van der Waals surface area contributed by atoms with E-state index < -0.39 is 0 Å². The standard InChI is InChI=1S/C22H25N3OS/c1-13(18-11-15-8-9-16(18)10-15)23-21(26)20-12-19-14(2)24-25(22(19)27-20)17-6-4-3-5-7-17/h3-7,12-13,15-16,18H,8-11H2,1-2H3,(H,23,26)/t13-,15-,16-,18-/m0/s1. The van der Waals surface area contributed by atoms with Crippen molar-refractivity contribution in [2.24, 2.45) is 17.8 Å². The van der Waals surface area contributed by atoms with Crippen molar-refractivity contribution in [3.63, 3.8) is 0 Å². The minimum absolute atomic E-state index is 0.0606. The number of benzene rings is 1. The maximum absolute atomic E-state index is 12.9. The summed E-state index contributed by atoms with van der Waals surface area (Å²) in [5.74, 6) is 2.44. The van der Waals surface area contributed by atoms with Gasteiger partial charge in [-0.3, -0.25) is 4.79 Å². The smallest absolute Gasteiger partial charge is 0.261 e. The number of nitrogens with one attached hydrogen (secondary N) is 1. The highest BCUT2D eigenvalue weighted by Crippen LogP contribution is 2.49. The van der Waals surface area contributed by atoms with Crippen LogP contribution in [-0.4, -0.2) is 21.7 Å². The van der Waals surface area contributed by atoms with E-state index in [2.05, 4.69) is 17.3 Å². The molecule has 0 aliphatic heterocycles. The van der Waals surface area contributed by atoms with Gasteiger partial charge in [0, 0.05) is 11.4 Å². The van der Waals surface area contributed by atoms with Gasteiger partial charge in [-0.15, -0.1) is 11.3 Å². The quantitative estimate of drug-likeness (QED) is 0.697. The summed E-state index contributed by atoms with van der Waals surface area (Å²) in [4.78, 5) is 14.7. The molecule has 27 heavy (non-hydrogen) atoms. The Morgan fingerprint density at radius 1 is 1.26 bits per heavy atom. The molecule has 140 valence electrons. The van der Waals surface area contributed by atoms with Crippen LogP contribution in [0.25, 0.3) is 15.9 Å². The molecular formula is C22H25N3OS. The average molecular weight is 380 g/mol. The number of thiophene rings is 1. The van der Waals surface area contributed by atoms with Crippen LogP contribution in [0.5, 0.6) is 0 Å². The fourth-order valence-corrected chi connectivity index (χ4v) is 6.28. The van der Waals surface area contributed by atoms with Crippen LogP contribution >= 0.6 is 11.3 Å². The number of carbonyl (C=O) groups is 1. The van der Waals surface area contributed by atoms with Crippen molar-refractivity contribution in [3.8, 4) is 5.69 Å². The number of hydrogen-bond acceptors (Lipinski definition) is 3. The molecule has 0 saturated heterocycles. The second kappa shape index (κ2) is 6.48. The second-order valence-corrected chi connectivity index (χ2v) is 9.29. The van der Waals surface area contributed by atoms with Gasteiger partial charge in [-0.1, -0.05) is 24.6 Å². The minimum atomic E-state index is 0.0606. The molecular weight excluding hydrogens is 354 g/mol. The number of fused-ring (bicyclic) bond motifs is 3. The molecule has 2 bridgehead atoms. The number of hydrogen-bond donors (Lipinski definition) is 1. The molecule has 5 heteroatoms. The molecule has 2 aliphatic rings. The highest BCUT2D eigenvalue weighted by Gasteiger charge is 2.42. The van der Waals surface area contributed by atoms with E-state index in [-0.39, 0.29) is 11.9 Å². The number of aryl methyl sites for hydroxylation is 1. The number of rotatable bonds is 4. The molecule has 1 N–H and O–H groups in total. The molecule has 0 radical (unpaired) electrons. The summed E-state index contributed by atoms with van der Waals surface area (Å²) in [6.07, 6.45) is 5.42. The lowest BCUT2D eigenvalue weighted by molar-refractivity contribution is 0.0919. The monoisotopic (exact) mass is 379 g/mol. The zero-order valence-corrected chi connectivity index (χ0v) is 16.6. The van der Waals surface area contributed by atoms with Crippen molar-refractivity contribution in [2.75, 3.05) is 0 Å². The summed E-state index contributed by atoms with van der Waals surface area (Å²) in [5.41, 5.74) is 1.99. The number of aromatic nitrogens is 2. The summed E-state index contributed by atoms with van der Waals surface area (Å²) in [5, 5.41) is 9.03. The van der Waals surface area contributed by atoms with Gasteiger partial charge < -0.3 is 5.32 Å². The summed E-state index contributed by atoms with van der Waals surface area (Å²) >= 11 is 1.54. The number of carbonyl (C=O) groups excluding carboxylic acids is 1. The molecule has 1 amide bonds. The van der Waals surface area contributed by atoms with Crippen LogP contribution in [-0.2, 0) is 0 Å². The average Bonchev–Trinajstić information content (AvgIpc) is 3.44. The Morgan fingerprint density at radius 3 is 2.78 bits per heavy atom. The molecule has 1 aromatic carbocycles. The van der Waals surface area contributed by atoms with Gasteiger partial charge in [-0.25, -0.2) is 4.68 Å². The Bertz CT molecular complexity index is 990. The summed E-state index contributed by atoms with van der Waals surface area (Å²) < 4.78 is 1.95. The van der Waals surface area contributed by atoms with Crippen molar-refractivity contribution >= 4 is 27.5 Å². The van der Waals surface area contributed by atoms with Gasteiger partial charge in [0.2, 0.25) is 0 Å². The third kappa shape index (κ3) is 2.89. The van der Waals surface area contributed by atoms with E-state index in [0.717, 1.165) is 38.3 Å². The predicted molar refractivity (Wildman–Crippen MR) is 110 cm³/mol. The van der Waals surface area contributed by atoms with Crippen LogP contribution in [0.4, 0.5) is 0 Å². The molecule has 0 unspecified atom stereocenters. The van der Waals surface area contributed by atoms with Crippen LogP contribution < -0.4 is 5.32 Å². The number of nitrogens with zero attached hydrogens (tertiary/aromatic N) is 2. The van der Waals surface area contributed by atoms with Gasteiger partial charge in [0.15, 0.2) is 0 Å². The maximum Gasteiger partial charge on any atom is 0.261 e. The van der Waals surface area contributed by atoms with Crippen LogP contribution in [0, 0.1) is 24.7 Å². The first kappa shape index (κ1) is 17.0. The molecule has 2 heterocycles. The predicted octanol–water partition coefficient (Wildman–Crippen LogP) is 4.95. The second-order valence-electron chi connectivity index (χ2n) is 8.26. The first-order valence-electron chi connectivity index (χ1n) is 9.95. The van der Waals surface area contributed by atoms with Gasteiger partial charge in [0.05, 0.1) is 16.3 Å². The Labute approximate surface area is 163 Å². The Morgan fingerprint density at radius 2 is 2.07 bits per heavy atom. The van der Waals surface area contributed by atoms with E-state index in [1.54, 1.807) is 0 Å². The first-order valence-corrected chi connectivity index (χ1v) is 10.8. The van der Waals surface area contributed by atoms with Crippen LogP contribution in [0.3, 0.4) is 0 Å². The van der Waals surface area contributed by atoms with Crippen LogP contribution in [0.15, 0.2) is 36.4 Å². The third-order valence-corrected chi connectivity index (χ3v) is 7.67. The summed E-state index contributed by atoms with van der Waals surface area (Å²) in [6, 6.07) is 12.4. The molecule has 5 rings (SSSR count). The molecule has 4 nitrogen and oxygen atoms in total. The van der Waals surface area contributed by atoms with Crippen molar-refractivity contribution in [1.29, 1.82) is 0 Å². The summed E-state index contributed by atoms with van der Waals surface area (Å²) in [6.45, 7) is 4.20. The van der Waals surface area contributed by atoms with E-state index in [1.165, 1.54) is 37.0 Å². The Kier molecular flexibility index (Phi) is 4.08. The third-order valence-electron chi connectivity index (χ3n) is 6.56. The topological polar surface area (TPSA) is 46.9 Å². The van der Waals surface area contributed by atoms with Crippen LogP contribution in [0.2, 0.25) is 0 Å². The zero-order valence-electron chi connectivity index (χ0n) is 15.8. The van der Waals surface area contributed by atoms with Gasteiger partial charge in [-0.05, 0) is 69.1 Å². The van der Waals surface area contributed by atoms with Crippen molar-refractivity contribution in [1.82, 2.24) is 15.1 Å². The molecule has 2 saturated carbocycles. The van der Waals surface area contributed by atoms with Crippen LogP contribution in [0.1, 0.15) is 48.0 Å². The van der Waals surface area contributed by atoms with E-state index in [4.69, 9.17) is 0 Å². The Hall–Kier alpha value is -2.14. The van der Waals surface area contributed by atoms with E-state index >= 15 is 0 Å². The Balaban J connectivity index is 1.39. The molecule has 2 aromatic heterocycles. The molecule has 3 aromatic rings. The van der Waals surface area contributed by atoms with E-state index in [1.807, 2.05) is 48.0 Å². The number of para-hydroxylation sites is 1. The SMILES string of the molecule is Cc1nn(-c2ccccc2)c2sc(C(=O)N[C@@H](C)[C@@H]3C[C@H]4CC[C@H]3C4)cc12. The highest BCUT2D eigenvalue weighted by molar-refractivity contribution is 7.20. The molecule has 2 fully saturated rings. The minimum Gasteiger partial charge on any atom is -0.349 e. The lowest BCUT2D eigenvalue weighted by Crippen LogP contribution is -2.39. The van der Waals surface area contributed by atoms with Gasteiger partial charge in [0.25, 0.3) is 5.91 Å². The molecule has 4 atom stereocenters. The maximum atomic E-state index is 12.9. The van der Waals surface area contributed by atoms with Gasteiger partial charge in [0.1, 0.15) is 4.83 Å². The fraction of sp³-hybridized carbons (Fsp3) is 0.455. The number of amides is 1. The fourth-order valence-electron chi connectivity index (χ4n) is 5.19. The molecule has 2 aliphatic carbocycles. The lowest BCUT2D eigenvalue weighted by Gasteiger charge is -2.28. The van der Waals surface area contributed by atoms with Gasteiger partial charge >= 0.3 is 0 Å².